The van der Waals surface area contributed by atoms with E-state index in [0.717, 1.165) is 44.5 Å². The standard InChI is InChI=1S/C15H19N3O2/c16-9-14-8-13(5-6-17-14)11-18-7-1-2-12(10-18)3-4-15(19)20/h5-6,8,12H,1-4,7,10-11H2,(H,19,20). The third-order valence-electron chi connectivity index (χ3n) is 3.71. The Morgan fingerprint density at radius 3 is 3.20 bits per heavy atom. The number of hydrogen-bond acceptors (Lipinski definition) is 4. The van der Waals surface area contributed by atoms with Crippen LogP contribution in [-0.4, -0.2) is 34.0 Å². The SMILES string of the molecule is N#Cc1cc(CN2CCCC(CCC(=O)O)C2)ccn1. The molecule has 0 radical (unpaired) electrons. The van der Waals surface area contributed by atoms with Crippen molar-refractivity contribution in [1.29, 1.82) is 5.26 Å². The predicted molar refractivity (Wildman–Crippen MR) is 73.8 cm³/mol. The first kappa shape index (κ1) is 14.5. The van der Waals surface area contributed by atoms with E-state index in [0.29, 0.717) is 11.6 Å². The van der Waals surface area contributed by atoms with Crippen molar-refractivity contribution in [3.8, 4) is 6.07 Å². The van der Waals surface area contributed by atoms with Gasteiger partial charge in [-0.1, -0.05) is 0 Å². The molecule has 0 saturated carbocycles. The van der Waals surface area contributed by atoms with Crippen molar-refractivity contribution in [1.82, 2.24) is 9.88 Å². The van der Waals surface area contributed by atoms with Crippen LogP contribution in [0.15, 0.2) is 18.3 Å². The van der Waals surface area contributed by atoms with Gasteiger partial charge < -0.3 is 5.11 Å². The molecule has 0 amide bonds. The number of piperidine rings is 1. The molecule has 0 aromatic carbocycles. The number of carbonyl (C=O) groups is 1. The van der Waals surface area contributed by atoms with E-state index >= 15 is 0 Å². The normalized spacial score (nSPS) is 19.4. The zero-order valence-electron chi connectivity index (χ0n) is 11.5. The molecule has 0 aliphatic carbocycles. The molecule has 0 spiro atoms. The van der Waals surface area contributed by atoms with E-state index in [1.165, 1.54) is 0 Å². The van der Waals surface area contributed by atoms with E-state index in [-0.39, 0.29) is 6.42 Å². The first-order chi connectivity index (χ1) is 9.67. The van der Waals surface area contributed by atoms with Crippen molar-refractivity contribution in [2.45, 2.75) is 32.2 Å². The first-order valence-corrected chi connectivity index (χ1v) is 6.96. The topological polar surface area (TPSA) is 77.2 Å². The number of rotatable bonds is 5. The molecule has 1 aromatic heterocycles. The van der Waals surface area contributed by atoms with Gasteiger partial charge in [-0.25, -0.2) is 4.98 Å². The van der Waals surface area contributed by atoms with Gasteiger partial charge in [-0.05, 0) is 49.4 Å². The molecule has 5 heteroatoms. The summed E-state index contributed by atoms with van der Waals surface area (Å²) in [6, 6.07) is 5.80. The molecular formula is C15H19N3O2. The number of likely N-dealkylation sites (tertiary alicyclic amines) is 1. The van der Waals surface area contributed by atoms with Crippen molar-refractivity contribution >= 4 is 5.97 Å². The second-order valence-electron chi connectivity index (χ2n) is 5.34. The van der Waals surface area contributed by atoms with Crippen LogP contribution < -0.4 is 0 Å². The number of nitrogens with zero attached hydrogens (tertiary/aromatic N) is 3. The van der Waals surface area contributed by atoms with Crippen LogP contribution in [0, 0.1) is 17.2 Å². The third kappa shape index (κ3) is 4.32. The molecule has 106 valence electrons. The third-order valence-corrected chi connectivity index (χ3v) is 3.71. The lowest BCUT2D eigenvalue weighted by Crippen LogP contribution is -2.35. The Morgan fingerprint density at radius 2 is 2.45 bits per heavy atom. The molecule has 1 unspecified atom stereocenters. The maximum Gasteiger partial charge on any atom is 0.303 e. The van der Waals surface area contributed by atoms with Gasteiger partial charge in [-0.2, -0.15) is 5.26 Å². The number of aliphatic carboxylic acids is 1. The Hall–Kier alpha value is -1.93. The Labute approximate surface area is 118 Å². The molecular weight excluding hydrogens is 254 g/mol. The van der Waals surface area contributed by atoms with Crippen molar-refractivity contribution in [3.05, 3.63) is 29.6 Å². The highest BCUT2D eigenvalue weighted by atomic mass is 16.4. The highest BCUT2D eigenvalue weighted by Crippen LogP contribution is 2.22. The summed E-state index contributed by atoms with van der Waals surface area (Å²) in [4.78, 5) is 16.9. The molecule has 20 heavy (non-hydrogen) atoms. The molecule has 1 aliphatic rings. The molecule has 1 atom stereocenters. The zero-order valence-corrected chi connectivity index (χ0v) is 11.5. The minimum atomic E-state index is -0.713. The monoisotopic (exact) mass is 273 g/mol. The summed E-state index contributed by atoms with van der Waals surface area (Å²) in [7, 11) is 0. The first-order valence-electron chi connectivity index (χ1n) is 6.96. The van der Waals surface area contributed by atoms with Crippen LogP contribution in [0.3, 0.4) is 0 Å². The van der Waals surface area contributed by atoms with Crippen molar-refractivity contribution in [3.63, 3.8) is 0 Å². The molecule has 1 aromatic rings. The van der Waals surface area contributed by atoms with Crippen LogP contribution >= 0.6 is 0 Å². The lowest BCUT2D eigenvalue weighted by molar-refractivity contribution is -0.137. The zero-order chi connectivity index (χ0) is 14.4. The smallest absolute Gasteiger partial charge is 0.303 e. The Bertz CT molecular complexity index is 510. The lowest BCUT2D eigenvalue weighted by Gasteiger charge is -2.32. The van der Waals surface area contributed by atoms with Gasteiger partial charge in [-0.3, -0.25) is 9.69 Å². The second-order valence-corrected chi connectivity index (χ2v) is 5.34. The number of carboxylic acids is 1. The van der Waals surface area contributed by atoms with Crippen LogP contribution in [-0.2, 0) is 11.3 Å². The number of hydrogen-bond donors (Lipinski definition) is 1. The summed E-state index contributed by atoms with van der Waals surface area (Å²) in [5, 5.41) is 17.6. The Morgan fingerprint density at radius 1 is 1.60 bits per heavy atom. The van der Waals surface area contributed by atoms with E-state index in [9.17, 15) is 4.79 Å². The molecule has 2 heterocycles. The van der Waals surface area contributed by atoms with Gasteiger partial charge in [0.25, 0.3) is 0 Å². The highest BCUT2D eigenvalue weighted by molar-refractivity contribution is 5.66. The van der Waals surface area contributed by atoms with Crippen LogP contribution in [0.4, 0.5) is 0 Å². The fourth-order valence-electron chi connectivity index (χ4n) is 2.75. The van der Waals surface area contributed by atoms with Gasteiger partial charge in [0, 0.05) is 25.7 Å². The number of pyridine rings is 1. The largest absolute Gasteiger partial charge is 0.481 e. The van der Waals surface area contributed by atoms with E-state index < -0.39 is 5.97 Å². The van der Waals surface area contributed by atoms with Crippen LogP contribution in [0.1, 0.15) is 36.9 Å². The maximum atomic E-state index is 10.6. The van der Waals surface area contributed by atoms with E-state index in [4.69, 9.17) is 10.4 Å². The molecule has 5 nitrogen and oxygen atoms in total. The predicted octanol–water partition coefficient (Wildman–Crippen LogP) is 2.03. The van der Waals surface area contributed by atoms with Crippen LogP contribution in [0.5, 0.6) is 0 Å². The molecule has 1 aliphatic heterocycles. The van der Waals surface area contributed by atoms with E-state index in [1.54, 1.807) is 6.20 Å². The number of aromatic nitrogens is 1. The number of nitriles is 1. The summed E-state index contributed by atoms with van der Waals surface area (Å²) in [6.07, 6.45) is 4.90. The van der Waals surface area contributed by atoms with Crippen molar-refractivity contribution < 1.29 is 9.90 Å². The van der Waals surface area contributed by atoms with Crippen LogP contribution in [0.25, 0.3) is 0 Å². The molecule has 1 saturated heterocycles. The quantitative estimate of drug-likeness (QED) is 0.888. The van der Waals surface area contributed by atoms with Crippen LogP contribution in [0.2, 0.25) is 0 Å². The van der Waals surface area contributed by atoms with Crippen molar-refractivity contribution in [2.24, 2.45) is 5.92 Å². The van der Waals surface area contributed by atoms with E-state index in [1.807, 2.05) is 12.1 Å². The van der Waals surface area contributed by atoms with Gasteiger partial charge in [0.05, 0.1) is 0 Å². The Balaban J connectivity index is 1.89. The van der Waals surface area contributed by atoms with Gasteiger partial charge in [0.2, 0.25) is 0 Å². The van der Waals surface area contributed by atoms with Crippen molar-refractivity contribution in [2.75, 3.05) is 13.1 Å². The van der Waals surface area contributed by atoms with Gasteiger partial charge >= 0.3 is 5.97 Å². The molecule has 1 fully saturated rings. The Kier molecular flexibility index (Phi) is 5.08. The average molecular weight is 273 g/mol. The lowest BCUT2D eigenvalue weighted by atomic mass is 9.93. The fourth-order valence-corrected chi connectivity index (χ4v) is 2.75. The summed E-state index contributed by atoms with van der Waals surface area (Å²) >= 11 is 0. The fraction of sp³-hybridized carbons (Fsp3) is 0.533. The average Bonchev–Trinajstić information content (AvgIpc) is 2.46. The molecule has 1 N–H and O–H groups in total. The van der Waals surface area contributed by atoms with Gasteiger partial charge in [0.15, 0.2) is 0 Å². The molecule has 0 bridgehead atoms. The van der Waals surface area contributed by atoms with Gasteiger partial charge in [0.1, 0.15) is 11.8 Å². The number of carboxylic acid groups (broad SMARTS) is 1. The summed E-state index contributed by atoms with van der Waals surface area (Å²) < 4.78 is 0. The second kappa shape index (κ2) is 7.01. The maximum absolute atomic E-state index is 10.6. The summed E-state index contributed by atoms with van der Waals surface area (Å²) in [6.45, 7) is 2.78. The summed E-state index contributed by atoms with van der Waals surface area (Å²) in [5.41, 5.74) is 1.54. The molecule has 2 rings (SSSR count). The summed E-state index contributed by atoms with van der Waals surface area (Å²) in [5.74, 6) is -0.243. The van der Waals surface area contributed by atoms with Gasteiger partial charge in [-0.15, -0.1) is 0 Å². The highest BCUT2D eigenvalue weighted by Gasteiger charge is 2.20. The minimum Gasteiger partial charge on any atom is -0.481 e. The van der Waals surface area contributed by atoms with E-state index in [2.05, 4.69) is 16.0 Å². The minimum absolute atomic E-state index is 0.256.